The number of aromatic nitrogens is 1. The lowest BCUT2D eigenvalue weighted by Gasteiger charge is -2.00. The number of thiazole rings is 1. The van der Waals surface area contributed by atoms with Gasteiger partial charge in [-0.15, -0.1) is 11.3 Å². The van der Waals surface area contributed by atoms with Crippen molar-refractivity contribution in [1.29, 1.82) is 0 Å². The number of benzene rings is 1. The number of nitrogens with zero attached hydrogens (tertiary/aromatic N) is 1. The standard InChI is InChI=1S/C12H11NO3S2/c1-8-6-17-11(13-8)7-18(16)10-4-2-9(3-5-10)12(14)15/h2-6H,7H2,1H3,(H,14,15). The van der Waals surface area contributed by atoms with Crippen molar-refractivity contribution in [3.8, 4) is 0 Å². The maximum absolute atomic E-state index is 12.0. The fourth-order valence-electron chi connectivity index (χ4n) is 1.41. The molecule has 0 aliphatic heterocycles. The highest BCUT2D eigenvalue weighted by atomic mass is 32.2. The molecule has 1 aromatic heterocycles. The largest absolute Gasteiger partial charge is 0.478 e. The topological polar surface area (TPSA) is 67.3 Å². The van der Waals surface area contributed by atoms with Gasteiger partial charge in [0.2, 0.25) is 0 Å². The average Bonchev–Trinajstić information content (AvgIpc) is 2.75. The molecule has 0 saturated carbocycles. The van der Waals surface area contributed by atoms with E-state index in [1.807, 2.05) is 12.3 Å². The fraction of sp³-hybridized carbons (Fsp3) is 0.167. The first kappa shape index (κ1) is 12.9. The minimum atomic E-state index is -1.19. The molecule has 1 unspecified atom stereocenters. The first-order chi connectivity index (χ1) is 8.56. The van der Waals surface area contributed by atoms with E-state index in [-0.39, 0.29) is 5.56 Å². The van der Waals surface area contributed by atoms with Crippen LogP contribution in [0.5, 0.6) is 0 Å². The summed E-state index contributed by atoms with van der Waals surface area (Å²) >= 11 is 1.48. The zero-order valence-corrected chi connectivity index (χ0v) is 11.3. The van der Waals surface area contributed by atoms with Crippen LogP contribution in [0.1, 0.15) is 21.1 Å². The lowest BCUT2D eigenvalue weighted by Crippen LogP contribution is -1.99. The lowest BCUT2D eigenvalue weighted by molar-refractivity contribution is 0.0697. The van der Waals surface area contributed by atoms with E-state index in [1.54, 1.807) is 12.1 Å². The molecule has 0 aliphatic carbocycles. The summed E-state index contributed by atoms with van der Waals surface area (Å²) in [5, 5.41) is 11.5. The summed E-state index contributed by atoms with van der Waals surface area (Å²) in [5.74, 6) is -0.617. The molecule has 0 amide bonds. The molecule has 2 rings (SSSR count). The number of aryl methyl sites for hydroxylation is 1. The molecule has 1 heterocycles. The van der Waals surface area contributed by atoms with Gasteiger partial charge in [-0.1, -0.05) is 0 Å². The number of carboxylic acid groups (broad SMARTS) is 1. The Bertz CT molecular complexity index is 590. The van der Waals surface area contributed by atoms with Crippen molar-refractivity contribution in [3.63, 3.8) is 0 Å². The van der Waals surface area contributed by atoms with Crippen LogP contribution in [-0.2, 0) is 16.6 Å². The van der Waals surface area contributed by atoms with E-state index in [9.17, 15) is 9.00 Å². The molecular formula is C12H11NO3S2. The van der Waals surface area contributed by atoms with Crippen LogP contribution in [0.2, 0.25) is 0 Å². The predicted molar refractivity (Wildman–Crippen MR) is 70.4 cm³/mol. The lowest BCUT2D eigenvalue weighted by atomic mass is 10.2. The summed E-state index contributed by atoms with van der Waals surface area (Å²) in [4.78, 5) is 15.6. The van der Waals surface area contributed by atoms with Crippen molar-refractivity contribution < 1.29 is 14.1 Å². The summed E-state index contributed by atoms with van der Waals surface area (Å²) in [6.07, 6.45) is 0. The van der Waals surface area contributed by atoms with Crippen LogP contribution in [0.4, 0.5) is 0 Å². The van der Waals surface area contributed by atoms with Crippen molar-refractivity contribution >= 4 is 28.1 Å². The van der Waals surface area contributed by atoms with Crippen molar-refractivity contribution in [2.75, 3.05) is 0 Å². The Labute approximate surface area is 111 Å². The van der Waals surface area contributed by atoms with E-state index < -0.39 is 16.8 Å². The second kappa shape index (κ2) is 5.41. The van der Waals surface area contributed by atoms with Crippen molar-refractivity contribution in [3.05, 3.63) is 45.9 Å². The monoisotopic (exact) mass is 281 g/mol. The van der Waals surface area contributed by atoms with Crippen LogP contribution in [0.25, 0.3) is 0 Å². The Balaban J connectivity index is 2.11. The number of hydrogen-bond acceptors (Lipinski definition) is 4. The molecule has 94 valence electrons. The molecule has 0 saturated heterocycles. The van der Waals surface area contributed by atoms with E-state index in [2.05, 4.69) is 4.98 Å². The van der Waals surface area contributed by atoms with Crippen molar-refractivity contribution in [2.24, 2.45) is 0 Å². The summed E-state index contributed by atoms with van der Waals surface area (Å²) in [5.41, 5.74) is 1.12. The molecule has 6 heteroatoms. The third-order valence-corrected chi connectivity index (χ3v) is 4.77. The zero-order chi connectivity index (χ0) is 13.1. The van der Waals surface area contributed by atoms with Gasteiger partial charge in [0.1, 0.15) is 5.01 Å². The second-order valence-corrected chi connectivity index (χ2v) is 6.10. The summed E-state index contributed by atoms with van der Waals surface area (Å²) in [7, 11) is -1.19. The predicted octanol–water partition coefficient (Wildman–Crippen LogP) is 2.46. The minimum Gasteiger partial charge on any atom is -0.478 e. The third-order valence-electron chi connectivity index (χ3n) is 2.29. The van der Waals surface area contributed by atoms with Crippen LogP contribution in [-0.4, -0.2) is 20.3 Å². The second-order valence-electron chi connectivity index (χ2n) is 3.70. The Hall–Kier alpha value is -1.53. The summed E-state index contributed by atoms with van der Waals surface area (Å²) in [6.45, 7) is 1.89. The smallest absolute Gasteiger partial charge is 0.335 e. The SMILES string of the molecule is Cc1csc(CS(=O)c2ccc(C(=O)O)cc2)n1. The van der Waals surface area contributed by atoms with Crippen LogP contribution < -0.4 is 0 Å². The van der Waals surface area contributed by atoms with Crippen LogP contribution >= 0.6 is 11.3 Å². The van der Waals surface area contributed by atoms with Gasteiger partial charge in [0.25, 0.3) is 0 Å². The van der Waals surface area contributed by atoms with Gasteiger partial charge in [-0.3, -0.25) is 4.21 Å². The molecule has 18 heavy (non-hydrogen) atoms. The number of rotatable bonds is 4. The maximum Gasteiger partial charge on any atom is 0.335 e. The molecule has 2 aromatic rings. The number of carbonyl (C=O) groups is 1. The van der Waals surface area contributed by atoms with E-state index in [0.717, 1.165) is 10.7 Å². The normalized spacial score (nSPS) is 12.3. The fourth-order valence-corrected chi connectivity index (χ4v) is 3.46. The van der Waals surface area contributed by atoms with Crippen molar-refractivity contribution in [2.45, 2.75) is 17.6 Å². The summed E-state index contributed by atoms with van der Waals surface area (Å²) < 4.78 is 12.0. The Kier molecular flexibility index (Phi) is 3.88. The van der Waals surface area contributed by atoms with E-state index in [4.69, 9.17) is 5.11 Å². The molecule has 0 spiro atoms. The molecular weight excluding hydrogens is 270 g/mol. The van der Waals surface area contributed by atoms with Gasteiger partial charge in [-0.05, 0) is 31.2 Å². The molecule has 0 bridgehead atoms. The van der Waals surface area contributed by atoms with Crippen LogP contribution in [0.3, 0.4) is 0 Å². The molecule has 1 N–H and O–H groups in total. The molecule has 4 nitrogen and oxygen atoms in total. The average molecular weight is 281 g/mol. The molecule has 0 fully saturated rings. The molecule has 1 atom stereocenters. The zero-order valence-electron chi connectivity index (χ0n) is 9.62. The van der Waals surface area contributed by atoms with Crippen molar-refractivity contribution in [1.82, 2.24) is 4.98 Å². The van der Waals surface area contributed by atoms with Crippen LogP contribution in [0.15, 0.2) is 34.5 Å². The van der Waals surface area contributed by atoms with E-state index in [0.29, 0.717) is 10.6 Å². The van der Waals surface area contributed by atoms with Gasteiger partial charge in [-0.25, -0.2) is 9.78 Å². The summed E-state index contributed by atoms with van der Waals surface area (Å²) in [6, 6.07) is 6.09. The van der Waals surface area contributed by atoms with Gasteiger partial charge in [0, 0.05) is 16.0 Å². The number of carboxylic acids is 1. The quantitative estimate of drug-likeness (QED) is 0.934. The first-order valence-corrected chi connectivity index (χ1v) is 7.39. The Morgan fingerprint density at radius 3 is 2.56 bits per heavy atom. The Morgan fingerprint density at radius 2 is 2.06 bits per heavy atom. The first-order valence-electron chi connectivity index (χ1n) is 5.19. The van der Waals surface area contributed by atoms with Gasteiger partial charge < -0.3 is 5.11 Å². The van der Waals surface area contributed by atoms with Gasteiger partial charge in [0.15, 0.2) is 0 Å². The number of aromatic carboxylic acids is 1. The van der Waals surface area contributed by atoms with Gasteiger partial charge in [-0.2, -0.15) is 0 Å². The molecule has 0 aliphatic rings. The van der Waals surface area contributed by atoms with E-state index in [1.165, 1.54) is 23.5 Å². The van der Waals surface area contributed by atoms with Crippen LogP contribution in [0, 0.1) is 6.92 Å². The third kappa shape index (κ3) is 3.02. The molecule has 0 radical (unpaired) electrons. The highest BCUT2D eigenvalue weighted by Crippen LogP contribution is 2.16. The minimum absolute atomic E-state index is 0.195. The van der Waals surface area contributed by atoms with E-state index >= 15 is 0 Å². The molecule has 1 aromatic carbocycles. The number of hydrogen-bond donors (Lipinski definition) is 1. The Morgan fingerprint density at radius 1 is 1.39 bits per heavy atom. The van der Waals surface area contributed by atoms with Gasteiger partial charge in [0.05, 0.1) is 22.1 Å². The van der Waals surface area contributed by atoms with Gasteiger partial charge >= 0.3 is 5.97 Å². The highest BCUT2D eigenvalue weighted by Gasteiger charge is 2.09. The maximum atomic E-state index is 12.0. The highest BCUT2D eigenvalue weighted by molar-refractivity contribution is 7.84.